The van der Waals surface area contributed by atoms with Crippen molar-refractivity contribution in [2.24, 2.45) is 0 Å². The Kier molecular flexibility index (Phi) is 2.88. The van der Waals surface area contributed by atoms with E-state index in [0.717, 1.165) is 16.7 Å². The smallest absolute Gasteiger partial charge is 0.338 e. The molecule has 0 aromatic heterocycles. The molecule has 4 aliphatic rings. The van der Waals surface area contributed by atoms with Gasteiger partial charge in [0.15, 0.2) is 0 Å². The molecule has 0 saturated carbocycles. The first-order valence-electron chi connectivity index (χ1n) is 8.49. The predicted molar refractivity (Wildman–Crippen MR) is 94.6 cm³/mol. The molecule has 4 aliphatic carbocycles. The van der Waals surface area contributed by atoms with Crippen LogP contribution in [-0.4, -0.2) is 26.2 Å². The molecule has 6 rings (SSSR count). The van der Waals surface area contributed by atoms with Gasteiger partial charge in [-0.05, 0) is 27.8 Å². The van der Waals surface area contributed by atoms with E-state index in [1.54, 1.807) is 0 Å². The normalized spacial score (nSPS) is 23.9. The van der Waals surface area contributed by atoms with Crippen LogP contribution >= 0.6 is 0 Å². The molecule has 0 atom stereocenters. The highest BCUT2D eigenvalue weighted by molar-refractivity contribution is 6.14. The molecule has 2 aromatic carbocycles. The molecule has 0 aliphatic heterocycles. The van der Waals surface area contributed by atoms with Gasteiger partial charge in [-0.25, -0.2) is 9.59 Å². The largest absolute Gasteiger partial charge is 0.466 e. The van der Waals surface area contributed by atoms with E-state index in [9.17, 15) is 9.59 Å². The van der Waals surface area contributed by atoms with E-state index in [1.807, 2.05) is 36.4 Å². The quantitative estimate of drug-likeness (QED) is 0.786. The summed E-state index contributed by atoms with van der Waals surface area (Å²) < 4.78 is 10.0. The lowest BCUT2D eigenvalue weighted by Crippen LogP contribution is -2.53. The molecule has 0 radical (unpaired) electrons. The zero-order valence-electron chi connectivity index (χ0n) is 14.4. The molecule has 0 fully saturated rings. The van der Waals surface area contributed by atoms with Gasteiger partial charge in [0.05, 0.1) is 30.8 Å². The van der Waals surface area contributed by atoms with E-state index in [-0.39, 0.29) is 5.92 Å². The summed E-state index contributed by atoms with van der Waals surface area (Å²) in [5.74, 6) is -0.921. The molecule has 1 spiro atoms. The van der Waals surface area contributed by atoms with Crippen molar-refractivity contribution in [3.63, 3.8) is 0 Å². The van der Waals surface area contributed by atoms with Crippen LogP contribution in [0, 0.1) is 0 Å². The Morgan fingerprint density at radius 3 is 1.92 bits per heavy atom. The maximum Gasteiger partial charge on any atom is 0.338 e. The molecule has 26 heavy (non-hydrogen) atoms. The molecule has 2 aromatic rings. The minimum absolute atomic E-state index is 0.0677. The van der Waals surface area contributed by atoms with Crippen molar-refractivity contribution in [3.05, 3.63) is 93.6 Å². The van der Waals surface area contributed by atoms with Crippen LogP contribution in [-0.2, 0) is 24.5 Å². The molecule has 0 amide bonds. The molecule has 0 heterocycles. The van der Waals surface area contributed by atoms with Crippen molar-refractivity contribution in [1.82, 2.24) is 0 Å². The van der Waals surface area contributed by atoms with Crippen LogP contribution in [0.3, 0.4) is 0 Å². The fraction of sp³-hybridized carbons (Fsp3) is 0.182. The second-order valence-electron chi connectivity index (χ2n) is 6.72. The second kappa shape index (κ2) is 4.94. The van der Waals surface area contributed by atoms with Crippen LogP contribution < -0.4 is 0 Å². The van der Waals surface area contributed by atoms with Gasteiger partial charge in [0, 0.05) is 5.92 Å². The number of ether oxygens (including phenoxy) is 2. The number of carbonyl (C=O) groups excluding carboxylic acids is 2. The lowest BCUT2D eigenvalue weighted by atomic mass is 9.45. The van der Waals surface area contributed by atoms with Crippen molar-refractivity contribution < 1.29 is 19.1 Å². The first-order valence-corrected chi connectivity index (χ1v) is 8.49. The molecule has 4 heteroatoms. The van der Waals surface area contributed by atoms with Gasteiger partial charge in [-0.15, -0.1) is 0 Å². The van der Waals surface area contributed by atoms with Crippen LogP contribution in [0.2, 0.25) is 0 Å². The third-order valence-corrected chi connectivity index (χ3v) is 5.81. The summed E-state index contributed by atoms with van der Waals surface area (Å²) in [6.07, 6.45) is 2.10. The summed E-state index contributed by atoms with van der Waals surface area (Å²) in [5.41, 5.74) is 5.25. The van der Waals surface area contributed by atoms with Crippen LogP contribution in [0.5, 0.6) is 0 Å². The SMILES string of the molecule is COC(=O)C1=C(C(=O)OC)C23C1=CC(c1ccccc12)c1ccccc13. The maximum atomic E-state index is 12.8. The Labute approximate surface area is 150 Å². The van der Waals surface area contributed by atoms with Crippen molar-refractivity contribution in [3.8, 4) is 0 Å². The molecule has 0 unspecified atom stereocenters. The predicted octanol–water partition coefficient (Wildman–Crippen LogP) is 3.01. The molecule has 2 bridgehead atoms. The standard InChI is InChI=1S/C22H16O4/c1-25-20(23)18-17-11-14-12-7-3-5-9-15(12)22(17,19(18)21(24)26-2)16-10-6-4-8-13(14)16/h3-11,14H,1-2H3. The number of allylic oxidation sites excluding steroid dienone is 1. The number of carbonyl (C=O) groups is 2. The fourth-order valence-corrected chi connectivity index (χ4v) is 4.90. The average molecular weight is 344 g/mol. The van der Waals surface area contributed by atoms with Gasteiger partial charge in [-0.1, -0.05) is 54.6 Å². The Morgan fingerprint density at radius 1 is 0.846 bits per heavy atom. The number of esters is 2. The zero-order chi connectivity index (χ0) is 18.1. The summed E-state index contributed by atoms with van der Waals surface area (Å²) in [4.78, 5) is 25.2. The zero-order valence-corrected chi connectivity index (χ0v) is 14.4. The second-order valence-corrected chi connectivity index (χ2v) is 6.72. The topological polar surface area (TPSA) is 52.6 Å². The van der Waals surface area contributed by atoms with E-state index in [4.69, 9.17) is 9.47 Å². The van der Waals surface area contributed by atoms with Gasteiger partial charge in [0.2, 0.25) is 0 Å². The van der Waals surface area contributed by atoms with Crippen LogP contribution in [0.15, 0.2) is 71.3 Å². The average Bonchev–Trinajstić information content (AvgIpc) is 2.68. The first-order chi connectivity index (χ1) is 12.7. The molecular formula is C22H16O4. The molecule has 0 N–H and O–H groups in total. The summed E-state index contributed by atoms with van der Waals surface area (Å²) in [6.45, 7) is 0. The van der Waals surface area contributed by atoms with E-state index in [0.29, 0.717) is 11.1 Å². The Bertz CT molecular complexity index is 1010. The minimum Gasteiger partial charge on any atom is -0.466 e. The third kappa shape index (κ3) is 1.47. The summed E-state index contributed by atoms with van der Waals surface area (Å²) in [5, 5.41) is 0. The Hall–Kier alpha value is -3.14. The van der Waals surface area contributed by atoms with Gasteiger partial charge in [0.1, 0.15) is 0 Å². The van der Waals surface area contributed by atoms with Gasteiger partial charge in [-0.2, -0.15) is 0 Å². The maximum absolute atomic E-state index is 12.8. The molecular weight excluding hydrogens is 328 g/mol. The summed E-state index contributed by atoms with van der Waals surface area (Å²) >= 11 is 0. The van der Waals surface area contributed by atoms with E-state index < -0.39 is 17.4 Å². The highest BCUT2D eigenvalue weighted by Gasteiger charge is 2.63. The number of methoxy groups -OCH3 is 2. The van der Waals surface area contributed by atoms with Gasteiger partial charge >= 0.3 is 11.9 Å². The molecule has 128 valence electrons. The Morgan fingerprint density at radius 2 is 1.38 bits per heavy atom. The fourth-order valence-electron chi connectivity index (χ4n) is 4.90. The lowest BCUT2D eigenvalue weighted by Gasteiger charge is -2.55. The van der Waals surface area contributed by atoms with E-state index >= 15 is 0 Å². The van der Waals surface area contributed by atoms with Gasteiger partial charge in [0.25, 0.3) is 0 Å². The van der Waals surface area contributed by atoms with Gasteiger partial charge in [-0.3, -0.25) is 0 Å². The highest BCUT2D eigenvalue weighted by atomic mass is 16.5. The first kappa shape index (κ1) is 15.1. The number of benzene rings is 2. The Balaban J connectivity index is 1.93. The lowest BCUT2D eigenvalue weighted by molar-refractivity contribution is -0.140. The number of hydrogen-bond donors (Lipinski definition) is 0. The number of hydrogen-bond acceptors (Lipinski definition) is 4. The molecule has 0 saturated heterocycles. The molecule has 4 nitrogen and oxygen atoms in total. The van der Waals surface area contributed by atoms with Crippen LogP contribution in [0.1, 0.15) is 28.2 Å². The highest BCUT2D eigenvalue weighted by Crippen LogP contribution is 2.66. The minimum atomic E-state index is -0.751. The summed E-state index contributed by atoms with van der Waals surface area (Å²) in [7, 11) is 2.67. The van der Waals surface area contributed by atoms with Crippen LogP contribution in [0.25, 0.3) is 0 Å². The van der Waals surface area contributed by atoms with Crippen molar-refractivity contribution in [2.45, 2.75) is 11.3 Å². The van der Waals surface area contributed by atoms with E-state index in [2.05, 4.69) is 18.2 Å². The van der Waals surface area contributed by atoms with Crippen molar-refractivity contribution in [2.75, 3.05) is 14.2 Å². The van der Waals surface area contributed by atoms with Crippen molar-refractivity contribution >= 4 is 11.9 Å². The monoisotopic (exact) mass is 344 g/mol. The van der Waals surface area contributed by atoms with Crippen LogP contribution in [0.4, 0.5) is 0 Å². The summed E-state index contributed by atoms with van der Waals surface area (Å²) in [6, 6.07) is 16.2. The third-order valence-electron chi connectivity index (χ3n) is 5.81. The number of rotatable bonds is 2. The van der Waals surface area contributed by atoms with Gasteiger partial charge < -0.3 is 9.47 Å². The van der Waals surface area contributed by atoms with Crippen molar-refractivity contribution in [1.29, 1.82) is 0 Å². The van der Waals surface area contributed by atoms with E-state index in [1.165, 1.54) is 25.3 Å².